The lowest BCUT2D eigenvalue weighted by Crippen LogP contribution is -2.24. The Morgan fingerprint density at radius 1 is 1.22 bits per heavy atom. The molecule has 0 atom stereocenters. The van der Waals surface area contributed by atoms with E-state index in [1.165, 1.54) is 12.1 Å². The van der Waals surface area contributed by atoms with Gasteiger partial charge in [-0.2, -0.15) is 0 Å². The minimum atomic E-state index is -0.328. The van der Waals surface area contributed by atoms with Crippen LogP contribution in [0, 0.1) is 12.7 Å². The Bertz CT molecular complexity index is 870. The Labute approximate surface area is 134 Å². The summed E-state index contributed by atoms with van der Waals surface area (Å²) in [5.41, 5.74) is 3.64. The standard InChI is InChI=1S/C18H18FN3O/c1-12-21-16-9-14(6-7-17(16)22(12)2)11-20-18(23)10-13-4-3-5-15(19)8-13/h3-9H,10-11H2,1-2H3,(H,20,23). The zero-order valence-corrected chi connectivity index (χ0v) is 13.1. The second-order valence-electron chi connectivity index (χ2n) is 5.62. The fraction of sp³-hybridized carbons (Fsp3) is 0.222. The van der Waals surface area contributed by atoms with E-state index in [2.05, 4.69) is 10.3 Å². The first-order chi connectivity index (χ1) is 11.0. The van der Waals surface area contributed by atoms with E-state index in [1.54, 1.807) is 12.1 Å². The van der Waals surface area contributed by atoms with E-state index >= 15 is 0 Å². The van der Waals surface area contributed by atoms with Crippen LogP contribution in [0.15, 0.2) is 42.5 Å². The molecule has 0 unspecified atom stereocenters. The first-order valence-corrected chi connectivity index (χ1v) is 7.46. The molecule has 0 fully saturated rings. The van der Waals surface area contributed by atoms with Gasteiger partial charge in [-0.05, 0) is 42.3 Å². The van der Waals surface area contributed by atoms with E-state index in [0.29, 0.717) is 12.1 Å². The topological polar surface area (TPSA) is 46.9 Å². The number of nitrogens with one attached hydrogen (secondary N) is 1. The third kappa shape index (κ3) is 3.39. The van der Waals surface area contributed by atoms with E-state index in [9.17, 15) is 9.18 Å². The molecule has 3 aromatic rings. The molecule has 4 nitrogen and oxygen atoms in total. The van der Waals surface area contributed by atoms with Gasteiger partial charge in [-0.3, -0.25) is 4.79 Å². The lowest BCUT2D eigenvalue weighted by Gasteiger charge is -2.06. The molecule has 0 aliphatic rings. The van der Waals surface area contributed by atoms with E-state index in [-0.39, 0.29) is 18.1 Å². The van der Waals surface area contributed by atoms with Crippen molar-refractivity contribution in [2.75, 3.05) is 0 Å². The Morgan fingerprint density at radius 3 is 2.83 bits per heavy atom. The quantitative estimate of drug-likeness (QED) is 0.805. The van der Waals surface area contributed by atoms with Crippen LogP contribution >= 0.6 is 0 Å². The van der Waals surface area contributed by atoms with Crippen LogP contribution in [-0.4, -0.2) is 15.5 Å². The highest BCUT2D eigenvalue weighted by molar-refractivity contribution is 5.79. The van der Waals surface area contributed by atoms with Crippen LogP contribution < -0.4 is 5.32 Å². The van der Waals surface area contributed by atoms with Gasteiger partial charge < -0.3 is 9.88 Å². The maximum Gasteiger partial charge on any atom is 0.224 e. The van der Waals surface area contributed by atoms with Crippen LogP contribution in [-0.2, 0) is 24.8 Å². The van der Waals surface area contributed by atoms with Gasteiger partial charge in [0.25, 0.3) is 0 Å². The van der Waals surface area contributed by atoms with E-state index in [4.69, 9.17) is 0 Å². The number of hydrogen-bond acceptors (Lipinski definition) is 2. The molecule has 0 saturated carbocycles. The van der Waals surface area contributed by atoms with Crippen LogP contribution in [0.5, 0.6) is 0 Å². The molecule has 5 heteroatoms. The van der Waals surface area contributed by atoms with Gasteiger partial charge in [-0.15, -0.1) is 0 Å². The highest BCUT2D eigenvalue weighted by Gasteiger charge is 2.07. The first-order valence-electron chi connectivity index (χ1n) is 7.46. The molecule has 0 aliphatic heterocycles. The smallest absolute Gasteiger partial charge is 0.224 e. The molecule has 1 amide bonds. The van der Waals surface area contributed by atoms with Gasteiger partial charge >= 0.3 is 0 Å². The van der Waals surface area contributed by atoms with Gasteiger partial charge in [-0.25, -0.2) is 9.37 Å². The Balaban J connectivity index is 1.64. The van der Waals surface area contributed by atoms with Crippen molar-refractivity contribution in [3.05, 3.63) is 65.2 Å². The first kappa shape index (κ1) is 15.2. The summed E-state index contributed by atoms with van der Waals surface area (Å²) in [6, 6.07) is 12.1. The number of aromatic nitrogens is 2. The third-order valence-corrected chi connectivity index (χ3v) is 3.91. The molecule has 1 aromatic heterocycles. The number of aryl methyl sites for hydroxylation is 2. The fourth-order valence-electron chi connectivity index (χ4n) is 2.57. The number of benzene rings is 2. The number of halogens is 1. The highest BCUT2D eigenvalue weighted by atomic mass is 19.1. The van der Waals surface area contributed by atoms with E-state index in [1.807, 2.05) is 36.7 Å². The summed E-state index contributed by atoms with van der Waals surface area (Å²) in [4.78, 5) is 16.5. The SMILES string of the molecule is Cc1nc2cc(CNC(=O)Cc3cccc(F)c3)ccc2n1C. The largest absolute Gasteiger partial charge is 0.352 e. The zero-order chi connectivity index (χ0) is 16.4. The summed E-state index contributed by atoms with van der Waals surface area (Å²) in [5, 5.41) is 2.86. The van der Waals surface area contributed by atoms with E-state index < -0.39 is 0 Å². The van der Waals surface area contributed by atoms with Crippen molar-refractivity contribution in [1.82, 2.24) is 14.9 Å². The van der Waals surface area contributed by atoms with Crippen molar-refractivity contribution >= 4 is 16.9 Å². The molecule has 0 aliphatic carbocycles. The summed E-state index contributed by atoms with van der Waals surface area (Å²) >= 11 is 0. The lowest BCUT2D eigenvalue weighted by atomic mass is 10.1. The maximum atomic E-state index is 13.1. The molecule has 1 N–H and O–H groups in total. The van der Waals surface area contributed by atoms with Crippen molar-refractivity contribution in [1.29, 1.82) is 0 Å². The Morgan fingerprint density at radius 2 is 2.04 bits per heavy atom. The molecular weight excluding hydrogens is 293 g/mol. The number of hydrogen-bond donors (Lipinski definition) is 1. The summed E-state index contributed by atoms with van der Waals surface area (Å²) in [5.74, 6) is 0.492. The molecule has 118 valence electrons. The summed E-state index contributed by atoms with van der Waals surface area (Å²) < 4.78 is 15.1. The van der Waals surface area contributed by atoms with Crippen molar-refractivity contribution in [3.63, 3.8) is 0 Å². The second kappa shape index (κ2) is 6.20. The minimum Gasteiger partial charge on any atom is -0.352 e. The monoisotopic (exact) mass is 311 g/mol. The maximum absolute atomic E-state index is 13.1. The third-order valence-electron chi connectivity index (χ3n) is 3.91. The van der Waals surface area contributed by atoms with Gasteiger partial charge in [0.05, 0.1) is 17.5 Å². The van der Waals surface area contributed by atoms with Gasteiger partial charge in [0.2, 0.25) is 5.91 Å². The highest BCUT2D eigenvalue weighted by Crippen LogP contribution is 2.16. The van der Waals surface area contributed by atoms with Crippen LogP contribution in [0.3, 0.4) is 0 Å². The van der Waals surface area contributed by atoms with Gasteiger partial charge in [0.15, 0.2) is 0 Å². The van der Waals surface area contributed by atoms with Crippen molar-refractivity contribution in [2.45, 2.75) is 19.9 Å². The van der Waals surface area contributed by atoms with Crippen LogP contribution in [0.25, 0.3) is 11.0 Å². The number of fused-ring (bicyclic) bond motifs is 1. The molecule has 0 bridgehead atoms. The molecule has 1 heterocycles. The molecule has 0 spiro atoms. The summed E-state index contributed by atoms with van der Waals surface area (Å²) in [6.45, 7) is 2.39. The van der Waals surface area contributed by atoms with Crippen LogP contribution in [0.2, 0.25) is 0 Å². The number of nitrogens with zero attached hydrogens (tertiary/aromatic N) is 2. The lowest BCUT2D eigenvalue weighted by molar-refractivity contribution is -0.120. The van der Waals surface area contributed by atoms with Crippen LogP contribution in [0.1, 0.15) is 17.0 Å². The zero-order valence-electron chi connectivity index (χ0n) is 13.1. The summed E-state index contributed by atoms with van der Waals surface area (Å²) in [7, 11) is 1.98. The van der Waals surface area contributed by atoms with Gasteiger partial charge in [0, 0.05) is 13.6 Å². The average Bonchev–Trinajstić information content (AvgIpc) is 2.80. The predicted molar refractivity (Wildman–Crippen MR) is 87.4 cm³/mol. The molecule has 23 heavy (non-hydrogen) atoms. The van der Waals surface area contributed by atoms with Crippen molar-refractivity contribution in [3.8, 4) is 0 Å². The minimum absolute atomic E-state index is 0.132. The predicted octanol–water partition coefficient (Wildman–Crippen LogP) is 2.88. The number of rotatable bonds is 4. The van der Waals surface area contributed by atoms with Crippen molar-refractivity contribution in [2.24, 2.45) is 7.05 Å². The number of amides is 1. The molecular formula is C18H18FN3O. The van der Waals surface area contributed by atoms with Gasteiger partial charge in [0.1, 0.15) is 11.6 Å². The molecule has 3 rings (SSSR count). The summed E-state index contributed by atoms with van der Waals surface area (Å²) in [6.07, 6.45) is 0.169. The normalized spacial score (nSPS) is 10.9. The van der Waals surface area contributed by atoms with E-state index in [0.717, 1.165) is 22.4 Å². The fourth-order valence-corrected chi connectivity index (χ4v) is 2.57. The number of carbonyl (C=O) groups is 1. The molecule has 0 saturated heterocycles. The molecule has 0 radical (unpaired) electrons. The number of imidazole rings is 1. The van der Waals surface area contributed by atoms with Crippen molar-refractivity contribution < 1.29 is 9.18 Å². The van der Waals surface area contributed by atoms with Crippen LogP contribution in [0.4, 0.5) is 4.39 Å². The molecule has 2 aromatic carbocycles. The average molecular weight is 311 g/mol. The Hall–Kier alpha value is -2.69. The Kier molecular flexibility index (Phi) is 4.10. The number of carbonyl (C=O) groups excluding carboxylic acids is 1. The second-order valence-corrected chi connectivity index (χ2v) is 5.62. The van der Waals surface area contributed by atoms with Gasteiger partial charge in [-0.1, -0.05) is 18.2 Å².